The average molecular weight is 427 g/mol. The second-order valence-electron chi connectivity index (χ2n) is 7.20. The van der Waals surface area contributed by atoms with E-state index in [0.717, 1.165) is 49.7 Å². The van der Waals surface area contributed by atoms with E-state index in [0.29, 0.717) is 12.2 Å². The molecule has 2 aromatic carbocycles. The van der Waals surface area contributed by atoms with E-state index in [2.05, 4.69) is 50.1 Å². The molecule has 0 aliphatic carbocycles. The van der Waals surface area contributed by atoms with Gasteiger partial charge in [-0.15, -0.1) is 17.5 Å². The maximum Gasteiger partial charge on any atom is 0.273 e. The summed E-state index contributed by atoms with van der Waals surface area (Å²) >= 11 is 0. The first-order valence-electron chi connectivity index (χ1n) is 10.0. The van der Waals surface area contributed by atoms with Crippen molar-refractivity contribution in [3.8, 4) is 16.8 Å². The minimum Gasteiger partial charge on any atom is -0.349 e. The average Bonchev–Trinajstić information content (AvgIpc) is 3.16. The van der Waals surface area contributed by atoms with Crippen LogP contribution in [0.4, 0.5) is 0 Å². The van der Waals surface area contributed by atoms with Gasteiger partial charge in [0.05, 0.1) is 11.4 Å². The lowest BCUT2D eigenvalue weighted by molar-refractivity contribution is 0.0941. The zero-order chi connectivity index (χ0) is 20.1. The van der Waals surface area contributed by atoms with Crippen molar-refractivity contribution in [2.45, 2.75) is 6.92 Å². The van der Waals surface area contributed by atoms with Gasteiger partial charge < -0.3 is 10.6 Å². The van der Waals surface area contributed by atoms with Crippen molar-refractivity contribution in [2.75, 3.05) is 39.3 Å². The highest BCUT2D eigenvalue weighted by Gasteiger charge is 2.17. The molecule has 1 aromatic heterocycles. The molecule has 7 nitrogen and oxygen atoms in total. The van der Waals surface area contributed by atoms with Gasteiger partial charge in [0.15, 0.2) is 5.69 Å². The summed E-state index contributed by atoms with van der Waals surface area (Å²) in [5.41, 5.74) is 4.29. The minimum absolute atomic E-state index is 0. The van der Waals surface area contributed by atoms with Crippen LogP contribution in [0.25, 0.3) is 16.8 Å². The first-order valence-corrected chi connectivity index (χ1v) is 10.0. The summed E-state index contributed by atoms with van der Waals surface area (Å²) in [6.45, 7) is 7.37. The lowest BCUT2D eigenvalue weighted by Gasteiger charge is -2.26. The van der Waals surface area contributed by atoms with E-state index in [4.69, 9.17) is 0 Å². The lowest BCUT2D eigenvalue weighted by atomic mass is 10.1. The van der Waals surface area contributed by atoms with Gasteiger partial charge in [-0.05, 0) is 30.2 Å². The molecule has 0 atom stereocenters. The Labute approximate surface area is 182 Å². The maximum absolute atomic E-state index is 12.5. The molecule has 0 spiro atoms. The number of carbonyl (C=O) groups is 1. The fourth-order valence-electron chi connectivity index (χ4n) is 3.56. The topological polar surface area (TPSA) is 75.1 Å². The number of hydrogen-bond acceptors (Lipinski definition) is 5. The van der Waals surface area contributed by atoms with Crippen LogP contribution in [0.5, 0.6) is 0 Å². The summed E-state index contributed by atoms with van der Waals surface area (Å²) in [6, 6.07) is 18.3. The Morgan fingerprint density at radius 1 is 1.03 bits per heavy atom. The monoisotopic (exact) mass is 426 g/mol. The van der Waals surface area contributed by atoms with Crippen molar-refractivity contribution in [1.82, 2.24) is 30.5 Å². The number of amides is 1. The molecular formula is C22H27ClN6O. The van der Waals surface area contributed by atoms with E-state index in [1.165, 1.54) is 5.56 Å². The molecule has 0 saturated carbocycles. The zero-order valence-electron chi connectivity index (χ0n) is 17.0. The smallest absolute Gasteiger partial charge is 0.273 e. The number of piperazine rings is 1. The minimum atomic E-state index is -0.176. The summed E-state index contributed by atoms with van der Waals surface area (Å²) in [6.07, 6.45) is 0. The molecule has 0 bridgehead atoms. The van der Waals surface area contributed by atoms with Gasteiger partial charge in [0.1, 0.15) is 0 Å². The molecule has 1 aliphatic rings. The quantitative estimate of drug-likeness (QED) is 0.632. The van der Waals surface area contributed by atoms with Crippen LogP contribution in [0.1, 0.15) is 16.2 Å². The molecule has 1 amide bonds. The Morgan fingerprint density at radius 3 is 2.40 bits per heavy atom. The summed E-state index contributed by atoms with van der Waals surface area (Å²) < 4.78 is 1.71. The highest BCUT2D eigenvalue weighted by molar-refractivity contribution is 5.93. The van der Waals surface area contributed by atoms with Crippen molar-refractivity contribution in [3.05, 3.63) is 66.0 Å². The van der Waals surface area contributed by atoms with Gasteiger partial charge in [0, 0.05) is 39.3 Å². The van der Waals surface area contributed by atoms with E-state index < -0.39 is 0 Å². The number of nitrogens with one attached hydrogen (secondary N) is 2. The van der Waals surface area contributed by atoms with Crippen LogP contribution in [-0.4, -0.2) is 65.1 Å². The van der Waals surface area contributed by atoms with Crippen LogP contribution in [0.15, 0.2) is 54.6 Å². The van der Waals surface area contributed by atoms with E-state index in [9.17, 15) is 4.79 Å². The number of nitrogens with zero attached hydrogens (tertiary/aromatic N) is 4. The Balaban J connectivity index is 0.00000256. The molecule has 1 fully saturated rings. The Kier molecular flexibility index (Phi) is 7.57. The van der Waals surface area contributed by atoms with Crippen LogP contribution in [0.2, 0.25) is 0 Å². The summed E-state index contributed by atoms with van der Waals surface area (Å²) in [4.78, 5) is 14.9. The van der Waals surface area contributed by atoms with E-state index in [1.54, 1.807) is 4.68 Å². The molecule has 8 heteroatoms. The molecule has 1 saturated heterocycles. The molecule has 1 aliphatic heterocycles. The molecule has 2 heterocycles. The lowest BCUT2D eigenvalue weighted by Crippen LogP contribution is -2.46. The van der Waals surface area contributed by atoms with Crippen molar-refractivity contribution in [3.63, 3.8) is 0 Å². The molecule has 2 N–H and O–H groups in total. The third-order valence-electron chi connectivity index (χ3n) is 5.25. The zero-order valence-corrected chi connectivity index (χ0v) is 17.9. The van der Waals surface area contributed by atoms with Gasteiger partial charge in [-0.25, -0.2) is 4.68 Å². The molecule has 4 rings (SSSR count). The molecule has 158 valence electrons. The first kappa shape index (κ1) is 22.0. The van der Waals surface area contributed by atoms with Crippen molar-refractivity contribution >= 4 is 18.3 Å². The Hall–Kier alpha value is -2.74. The highest BCUT2D eigenvalue weighted by Crippen LogP contribution is 2.21. The Morgan fingerprint density at radius 2 is 1.70 bits per heavy atom. The van der Waals surface area contributed by atoms with E-state index in [-0.39, 0.29) is 18.3 Å². The van der Waals surface area contributed by atoms with Gasteiger partial charge in [0.25, 0.3) is 5.91 Å². The third kappa shape index (κ3) is 5.05. The standard InChI is InChI=1S/C22H26N6O.ClH/c1-17-21(22(29)24-13-16-27-14-11-23-12-15-27)25-26-28(17)20-9-7-19(8-10-20)18-5-3-2-4-6-18;/h2-10,23H,11-16H2,1H3,(H,24,29);1H. The summed E-state index contributed by atoms with van der Waals surface area (Å²) in [5.74, 6) is -0.176. The van der Waals surface area contributed by atoms with Crippen molar-refractivity contribution in [2.24, 2.45) is 0 Å². The van der Waals surface area contributed by atoms with Gasteiger partial charge >= 0.3 is 0 Å². The van der Waals surface area contributed by atoms with Gasteiger partial charge in [-0.1, -0.05) is 47.7 Å². The fourth-order valence-corrected chi connectivity index (χ4v) is 3.56. The SMILES string of the molecule is Cc1c(C(=O)NCCN2CCNCC2)nnn1-c1ccc(-c2ccccc2)cc1.Cl. The Bertz CT molecular complexity index is 952. The molecule has 30 heavy (non-hydrogen) atoms. The molecule has 0 unspecified atom stereocenters. The van der Waals surface area contributed by atoms with Gasteiger partial charge in [-0.2, -0.15) is 0 Å². The number of aromatic nitrogens is 3. The van der Waals surface area contributed by atoms with Crippen molar-refractivity contribution < 1.29 is 4.79 Å². The highest BCUT2D eigenvalue weighted by atomic mass is 35.5. The third-order valence-corrected chi connectivity index (χ3v) is 5.25. The number of carbonyl (C=O) groups excluding carboxylic acids is 1. The van der Waals surface area contributed by atoms with Crippen LogP contribution in [0, 0.1) is 6.92 Å². The van der Waals surface area contributed by atoms with Crippen LogP contribution in [-0.2, 0) is 0 Å². The number of rotatable bonds is 6. The van der Waals surface area contributed by atoms with Crippen LogP contribution < -0.4 is 10.6 Å². The molecular weight excluding hydrogens is 400 g/mol. The van der Waals surface area contributed by atoms with E-state index >= 15 is 0 Å². The predicted octanol–water partition coefficient (Wildman–Crippen LogP) is 2.30. The fraction of sp³-hybridized carbons (Fsp3) is 0.318. The molecule has 3 aromatic rings. The van der Waals surface area contributed by atoms with Gasteiger partial charge in [0.2, 0.25) is 0 Å². The number of hydrogen-bond donors (Lipinski definition) is 2. The van der Waals surface area contributed by atoms with Gasteiger partial charge in [-0.3, -0.25) is 9.69 Å². The predicted molar refractivity (Wildman–Crippen MR) is 120 cm³/mol. The first-order chi connectivity index (χ1) is 14.2. The second kappa shape index (κ2) is 10.3. The normalized spacial score (nSPS) is 14.2. The van der Waals surface area contributed by atoms with Crippen LogP contribution >= 0.6 is 12.4 Å². The maximum atomic E-state index is 12.5. The second-order valence-corrected chi connectivity index (χ2v) is 7.20. The summed E-state index contributed by atoms with van der Waals surface area (Å²) in [7, 11) is 0. The van der Waals surface area contributed by atoms with Crippen LogP contribution in [0.3, 0.4) is 0 Å². The molecule has 0 radical (unpaired) electrons. The van der Waals surface area contributed by atoms with E-state index in [1.807, 2.05) is 37.3 Å². The largest absolute Gasteiger partial charge is 0.349 e. The summed E-state index contributed by atoms with van der Waals surface area (Å²) in [5, 5.41) is 14.6. The van der Waals surface area contributed by atoms with Crippen molar-refractivity contribution in [1.29, 1.82) is 0 Å². The number of benzene rings is 2. The number of halogens is 1.